The van der Waals surface area contributed by atoms with E-state index in [0.717, 1.165) is 63.7 Å². The molecule has 2 saturated heterocycles. The molecule has 1 unspecified atom stereocenters. The number of ether oxygens (including phenoxy) is 1. The number of nitrogens with one attached hydrogen (secondary N) is 1. The normalized spacial score (nSPS) is 18.6. The molecule has 0 bridgehead atoms. The van der Waals surface area contributed by atoms with Crippen LogP contribution in [0.3, 0.4) is 0 Å². The first-order chi connectivity index (χ1) is 19.6. The second-order valence-electron chi connectivity index (χ2n) is 10.4. The Bertz CT molecular complexity index is 1290. The number of rotatable bonds is 5. The third-order valence-electron chi connectivity index (χ3n) is 7.95. The zero-order chi connectivity index (χ0) is 28.5. The lowest BCUT2D eigenvalue weighted by molar-refractivity contribution is 0.187. The Morgan fingerprint density at radius 1 is 1.02 bits per heavy atom. The molecule has 1 N–H and O–H groups in total. The van der Waals surface area contributed by atoms with E-state index >= 15 is 0 Å². The van der Waals surface area contributed by atoms with E-state index < -0.39 is 0 Å². The highest BCUT2D eigenvalue weighted by molar-refractivity contribution is 5.97. The molecule has 3 aliphatic heterocycles. The molecule has 3 aromatic rings. The molecule has 0 radical (unpaired) electrons. The molecule has 6 rings (SSSR count). The molecule has 1 aromatic heterocycles. The van der Waals surface area contributed by atoms with Crippen LogP contribution in [-0.4, -0.2) is 73.8 Å². The summed E-state index contributed by atoms with van der Waals surface area (Å²) in [4.78, 5) is 17.3. The van der Waals surface area contributed by atoms with Crippen LogP contribution in [-0.2, 0) is 13.0 Å². The fourth-order valence-electron chi connectivity index (χ4n) is 5.93. The highest BCUT2D eigenvalue weighted by Crippen LogP contribution is 2.35. The van der Waals surface area contributed by atoms with Gasteiger partial charge in [0.1, 0.15) is 12.4 Å². The van der Waals surface area contributed by atoms with Gasteiger partial charge < -0.3 is 24.8 Å². The van der Waals surface area contributed by atoms with Gasteiger partial charge in [0.25, 0.3) is 0 Å². The number of likely N-dealkylation sites (tertiary alicyclic amines) is 1. The van der Waals surface area contributed by atoms with E-state index in [1.165, 1.54) is 47.4 Å². The van der Waals surface area contributed by atoms with Crippen molar-refractivity contribution < 1.29 is 4.74 Å². The molecule has 40 heavy (non-hydrogen) atoms. The average molecular weight is 544 g/mol. The quantitative estimate of drug-likeness (QED) is 0.485. The minimum atomic E-state index is 0.451. The summed E-state index contributed by atoms with van der Waals surface area (Å²) < 4.78 is 6.26. The van der Waals surface area contributed by atoms with Crippen LogP contribution in [0.15, 0.2) is 36.4 Å². The number of nitriles is 1. The Labute approximate surface area is 240 Å². The minimum Gasteiger partial charge on any atom is -0.462 e. The Hall–Kier alpha value is -3.41. The molecule has 8 heteroatoms. The maximum atomic E-state index is 7.32. The predicted molar refractivity (Wildman–Crippen MR) is 164 cm³/mol. The van der Waals surface area contributed by atoms with Crippen LogP contribution in [0.2, 0.25) is 0 Å². The molecule has 1 atom stereocenters. The molecule has 0 saturated carbocycles. The topological polar surface area (TPSA) is 80.5 Å². The van der Waals surface area contributed by atoms with Crippen molar-refractivity contribution >= 4 is 22.3 Å². The average Bonchev–Trinajstić information content (AvgIpc) is 3.41. The highest BCUT2D eigenvalue weighted by atomic mass is 16.5. The van der Waals surface area contributed by atoms with E-state index in [4.69, 9.17) is 20.0 Å². The van der Waals surface area contributed by atoms with E-state index in [1.807, 2.05) is 13.8 Å². The van der Waals surface area contributed by atoms with Crippen molar-refractivity contribution in [2.75, 3.05) is 62.7 Å². The van der Waals surface area contributed by atoms with Gasteiger partial charge in [0, 0.05) is 62.3 Å². The molecule has 214 valence electrons. The number of fused-ring (bicyclic) bond motifs is 2. The first kappa shape index (κ1) is 29.6. The van der Waals surface area contributed by atoms with Crippen molar-refractivity contribution in [2.24, 2.45) is 0 Å². The van der Waals surface area contributed by atoms with Gasteiger partial charge in [0.2, 0.25) is 0 Å². The van der Waals surface area contributed by atoms with Crippen molar-refractivity contribution in [3.8, 4) is 12.1 Å². The summed E-state index contributed by atoms with van der Waals surface area (Å²) in [5.74, 6) is 1.08. The summed E-state index contributed by atoms with van der Waals surface area (Å²) in [5, 5.41) is 13.4. The van der Waals surface area contributed by atoms with Crippen LogP contribution in [0.1, 0.15) is 50.4 Å². The molecule has 8 nitrogen and oxygen atoms in total. The van der Waals surface area contributed by atoms with Crippen LogP contribution in [0.5, 0.6) is 6.01 Å². The Balaban J connectivity index is 0.000000695. The summed E-state index contributed by atoms with van der Waals surface area (Å²) in [6.45, 7) is 15.1. The van der Waals surface area contributed by atoms with E-state index in [9.17, 15) is 0 Å². The van der Waals surface area contributed by atoms with E-state index in [-0.39, 0.29) is 0 Å². The fourth-order valence-corrected chi connectivity index (χ4v) is 5.93. The SMILES string of the molecule is CC.CC#N.Cc1cccc2cccc(N3CCc4c(nc(OCC5CCCN5C)nc4N4CCNCC4)C3)c12. The van der Waals surface area contributed by atoms with Gasteiger partial charge in [-0.3, -0.25) is 0 Å². The van der Waals surface area contributed by atoms with Gasteiger partial charge in [-0.2, -0.15) is 15.2 Å². The Morgan fingerprint density at radius 2 is 1.75 bits per heavy atom. The molecule has 2 fully saturated rings. The lowest BCUT2D eigenvalue weighted by Crippen LogP contribution is -2.45. The van der Waals surface area contributed by atoms with Gasteiger partial charge in [-0.05, 0) is 56.8 Å². The van der Waals surface area contributed by atoms with Crippen LogP contribution in [0.25, 0.3) is 10.8 Å². The minimum absolute atomic E-state index is 0.451. The zero-order valence-corrected chi connectivity index (χ0v) is 24.9. The predicted octanol–water partition coefficient (Wildman–Crippen LogP) is 4.94. The molecule has 0 spiro atoms. The van der Waals surface area contributed by atoms with Crippen LogP contribution in [0.4, 0.5) is 11.5 Å². The van der Waals surface area contributed by atoms with Crippen molar-refractivity contribution in [1.82, 2.24) is 20.2 Å². The fraction of sp³-hybridized carbons (Fsp3) is 0.531. The van der Waals surface area contributed by atoms with Crippen LogP contribution < -0.4 is 19.9 Å². The standard InChI is InChI=1S/C28H36N6O.C2H3N.C2H6/c1-20-6-3-7-21-8-4-10-25(26(20)21)34-15-11-23-24(18-34)30-28(35-19-22-9-5-14-32(22)2)31-27(23)33-16-12-29-13-17-33;1-2-3;1-2/h3-4,6-8,10,22,29H,5,9,11-19H2,1-2H3;1H3;1-2H3. The van der Waals surface area contributed by atoms with Gasteiger partial charge in [-0.25, -0.2) is 0 Å². The van der Waals surface area contributed by atoms with Crippen molar-refractivity contribution in [2.45, 2.75) is 59.5 Å². The maximum absolute atomic E-state index is 7.32. The smallest absolute Gasteiger partial charge is 0.318 e. The molecule has 3 aliphatic rings. The second kappa shape index (κ2) is 14.3. The third-order valence-corrected chi connectivity index (χ3v) is 7.95. The highest BCUT2D eigenvalue weighted by Gasteiger charge is 2.28. The summed E-state index contributed by atoms with van der Waals surface area (Å²) in [5.41, 5.74) is 5.02. The third kappa shape index (κ3) is 6.65. The first-order valence-electron chi connectivity index (χ1n) is 14.8. The summed E-state index contributed by atoms with van der Waals surface area (Å²) >= 11 is 0. The molecular formula is C32H45N7O. The second-order valence-corrected chi connectivity index (χ2v) is 10.4. The first-order valence-corrected chi connectivity index (χ1v) is 14.8. The summed E-state index contributed by atoms with van der Waals surface area (Å²) in [6, 6.07) is 15.9. The van der Waals surface area contributed by atoms with E-state index in [2.05, 4.69) is 70.4 Å². The number of hydrogen-bond donors (Lipinski definition) is 1. The zero-order valence-electron chi connectivity index (χ0n) is 24.9. The van der Waals surface area contributed by atoms with Crippen LogP contribution in [0, 0.1) is 18.3 Å². The number of hydrogen-bond acceptors (Lipinski definition) is 8. The molecule has 4 heterocycles. The lowest BCUT2D eigenvalue weighted by atomic mass is 9.99. The lowest BCUT2D eigenvalue weighted by Gasteiger charge is -2.35. The van der Waals surface area contributed by atoms with Gasteiger partial charge in [0.15, 0.2) is 0 Å². The summed E-state index contributed by atoms with van der Waals surface area (Å²) in [6.07, 6.45) is 3.36. The van der Waals surface area contributed by atoms with Crippen molar-refractivity contribution in [3.05, 3.63) is 53.2 Å². The number of piperazine rings is 1. The van der Waals surface area contributed by atoms with Crippen molar-refractivity contribution in [1.29, 1.82) is 5.26 Å². The van der Waals surface area contributed by atoms with Gasteiger partial charge in [-0.1, -0.05) is 44.2 Å². The number of likely N-dealkylation sites (N-methyl/N-ethyl adjacent to an activating group) is 1. The Morgan fingerprint density at radius 3 is 2.45 bits per heavy atom. The Kier molecular flexibility index (Phi) is 10.6. The number of anilines is 2. The number of benzene rings is 2. The number of nitrogens with zero attached hydrogens (tertiary/aromatic N) is 6. The molecule has 0 aliphatic carbocycles. The summed E-state index contributed by atoms with van der Waals surface area (Å²) in [7, 11) is 2.19. The van der Waals surface area contributed by atoms with E-state index in [0.29, 0.717) is 18.7 Å². The molecule has 2 aromatic carbocycles. The van der Waals surface area contributed by atoms with Crippen molar-refractivity contribution in [3.63, 3.8) is 0 Å². The van der Waals surface area contributed by atoms with Crippen LogP contribution >= 0.6 is 0 Å². The molecular weight excluding hydrogens is 498 g/mol. The van der Waals surface area contributed by atoms with E-state index in [1.54, 1.807) is 6.07 Å². The van der Waals surface area contributed by atoms with Gasteiger partial charge in [-0.15, -0.1) is 0 Å². The largest absolute Gasteiger partial charge is 0.462 e. The van der Waals surface area contributed by atoms with Gasteiger partial charge >= 0.3 is 6.01 Å². The monoisotopic (exact) mass is 543 g/mol. The molecule has 0 amide bonds. The van der Waals surface area contributed by atoms with Gasteiger partial charge in [0.05, 0.1) is 18.3 Å². The maximum Gasteiger partial charge on any atom is 0.318 e. The number of aryl methyl sites for hydroxylation is 1. The number of aromatic nitrogens is 2.